The summed E-state index contributed by atoms with van der Waals surface area (Å²) < 4.78 is 0.277. The molecule has 7 heteroatoms. The number of pyridine rings is 1. The van der Waals surface area contributed by atoms with Crippen molar-refractivity contribution in [3.63, 3.8) is 0 Å². The molecule has 1 atom stereocenters. The van der Waals surface area contributed by atoms with Crippen LogP contribution in [0.3, 0.4) is 0 Å². The van der Waals surface area contributed by atoms with E-state index in [1.54, 1.807) is 31.5 Å². The van der Waals surface area contributed by atoms with E-state index < -0.39 is 12.0 Å². The van der Waals surface area contributed by atoms with Gasteiger partial charge in [-0.3, -0.25) is 14.7 Å². The van der Waals surface area contributed by atoms with E-state index in [0.29, 0.717) is 11.3 Å². The number of hydrogen-bond acceptors (Lipinski definition) is 5. The third-order valence-corrected chi connectivity index (χ3v) is 4.12. The number of carbonyl (C=O) groups is 2. The van der Waals surface area contributed by atoms with Gasteiger partial charge in [-0.15, -0.1) is 0 Å². The highest BCUT2D eigenvalue weighted by Gasteiger charge is 2.39. The quantitative estimate of drug-likeness (QED) is 0.679. The first kappa shape index (κ1) is 14.7. The monoisotopic (exact) mass is 308 g/mol. The molecule has 0 bridgehead atoms. The highest BCUT2D eigenvalue weighted by atomic mass is 32.2. The number of aliphatic carboxylic acids is 1. The minimum Gasteiger partial charge on any atom is -0.480 e. The summed E-state index contributed by atoms with van der Waals surface area (Å²) in [4.78, 5) is 29.0. The van der Waals surface area contributed by atoms with Crippen LogP contribution in [-0.4, -0.2) is 37.2 Å². The molecule has 0 saturated carbocycles. The second-order valence-electron chi connectivity index (χ2n) is 4.10. The molecule has 1 saturated heterocycles. The van der Waals surface area contributed by atoms with Gasteiger partial charge in [0.25, 0.3) is 5.91 Å². The van der Waals surface area contributed by atoms with Crippen LogP contribution in [0.2, 0.25) is 0 Å². The fourth-order valence-corrected chi connectivity index (χ4v) is 3.19. The lowest BCUT2D eigenvalue weighted by molar-refractivity contribution is -0.145. The van der Waals surface area contributed by atoms with E-state index in [1.165, 1.54) is 4.90 Å². The summed E-state index contributed by atoms with van der Waals surface area (Å²) in [5, 5.41) is 9.15. The molecular formula is C13H12N2O3S2. The summed E-state index contributed by atoms with van der Waals surface area (Å²) in [6.07, 6.45) is 5.24. The molecule has 104 valence electrons. The van der Waals surface area contributed by atoms with Crippen LogP contribution in [0.5, 0.6) is 0 Å². The fourth-order valence-electron chi connectivity index (χ4n) is 1.83. The Morgan fingerprint density at radius 3 is 2.95 bits per heavy atom. The lowest BCUT2D eigenvalue weighted by Gasteiger charge is -2.21. The molecule has 0 spiro atoms. The third-order valence-electron chi connectivity index (χ3n) is 2.79. The third kappa shape index (κ3) is 2.88. The highest BCUT2D eigenvalue weighted by Crippen LogP contribution is 2.34. The summed E-state index contributed by atoms with van der Waals surface area (Å²) in [6, 6.07) is 2.66. The molecule has 1 amide bonds. The first-order chi connectivity index (χ1) is 9.54. The molecule has 5 nitrogen and oxygen atoms in total. The van der Waals surface area contributed by atoms with Crippen LogP contribution in [0.1, 0.15) is 18.9 Å². The maximum atomic E-state index is 12.3. The fraction of sp³-hybridized carbons (Fsp3) is 0.231. The molecule has 0 aliphatic carbocycles. The minimum atomic E-state index is -1.05. The number of carboxylic acid groups (broad SMARTS) is 1. The number of carboxylic acids is 1. The van der Waals surface area contributed by atoms with Gasteiger partial charge < -0.3 is 5.11 Å². The largest absolute Gasteiger partial charge is 0.480 e. The van der Waals surface area contributed by atoms with E-state index in [9.17, 15) is 9.59 Å². The number of carbonyl (C=O) groups excluding carboxylic acids is 1. The summed E-state index contributed by atoms with van der Waals surface area (Å²) >= 11 is 6.24. The van der Waals surface area contributed by atoms with Gasteiger partial charge in [0, 0.05) is 12.4 Å². The molecule has 1 aliphatic rings. The van der Waals surface area contributed by atoms with Gasteiger partial charge >= 0.3 is 5.97 Å². The zero-order valence-electron chi connectivity index (χ0n) is 10.6. The average Bonchev–Trinajstić information content (AvgIpc) is 2.68. The summed E-state index contributed by atoms with van der Waals surface area (Å²) in [6.45, 7) is 1.71. The Hall–Kier alpha value is -1.73. The molecule has 0 radical (unpaired) electrons. The van der Waals surface area contributed by atoms with Crippen molar-refractivity contribution < 1.29 is 14.7 Å². The maximum Gasteiger partial charge on any atom is 0.326 e. The van der Waals surface area contributed by atoms with Gasteiger partial charge in [0.05, 0.1) is 4.91 Å². The lowest BCUT2D eigenvalue weighted by Crippen LogP contribution is -2.43. The second-order valence-corrected chi connectivity index (χ2v) is 5.78. The number of nitrogens with zero attached hydrogens (tertiary/aromatic N) is 2. The van der Waals surface area contributed by atoms with E-state index in [-0.39, 0.29) is 10.2 Å². The van der Waals surface area contributed by atoms with Gasteiger partial charge in [0.1, 0.15) is 10.4 Å². The van der Waals surface area contributed by atoms with Crippen molar-refractivity contribution in [3.05, 3.63) is 35.0 Å². The van der Waals surface area contributed by atoms with Gasteiger partial charge in [-0.05, 0) is 24.1 Å². The minimum absolute atomic E-state index is 0.277. The predicted molar refractivity (Wildman–Crippen MR) is 81.0 cm³/mol. The Balaban J connectivity index is 2.29. The Morgan fingerprint density at radius 1 is 1.65 bits per heavy atom. The molecule has 2 heterocycles. The van der Waals surface area contributed by atoms with Gasteiger partial charge in [0.2, 0.25) is 0 Å². The van der Waals surface area contributed by atoms with E-state index in [2.05, 4.69) is 4.98 Å². The smallest absolute Gasteiger partial charge is 0.326 e. The Labute approximate surface area is 125 Å². The number of hydrogen-bond donors (Lipinski definition) is 1. The van der Waals surface area contributed by atoms with Crippen molar-refractivity contribution >= 4 is 46.3 Å². The molecule has 0 aromatic carbocycles. The molecule has 20 heavy (non-hydrogen) atoms. The Bertz CT molecular complexity index is 587. The van der Waals surface area contributed by atoms with Crippen molar-refractivity contribution in [1.29, 1.82) is 0 Å². The van der Waals surface area contributed by atoms with Gasteiger partial charge in [0.15, 0.2) is 0 Å². The van der Waals surface area contributed by atoms with Crippen molar-refractivity contribution in [2.24, 2.45) is 0 Å². The maximum absolute atomic E-state index is 12.3. The first-order valence-electron chi connectivity index (χ1n) is 5.94. The number of aromatic nitrogens is 1. The van der Waals surface area contributed by atoms with Crippen molar-refractivity contribution in [2.75, 3.05) is 0 Å². The topological polar surface area (TPSA) is 70.5 Å². The molecular weight excluding hydrogens is 296 g/mol. The normalized spacial score (nSPS) is 18.6. The van der Waals surface area contributed by atoms with Gasteiger partial charge in [-0.2, -0.15) is 0 Å². The SMILES string of the molecule is CC[C@@H](C(=O)O)N1C(=O)/C(=C\c2cccnc2)SC1=S. The van der Waals surface area contributed by atoms with Gasteiger partial charge in [-0.1, -0.05) is 37.0 Å². The van der Waals surface area contributed by atoms with Gasteiger partial charge in [-0.25, -0.2) is 4.79 Å². The lowest BCUT2D eigenvalue weighted by atomic mass is 10.2. The van der Waals surface area contributed by atoms with Crippen molar-refractivity contribution in [1.82, 2.24) is 9.88 Å². The highest BCUT2D eigenvalue weighted by molar-refractivity contribution is 8.26. The van der Waals surface area contributed by atoms with Crippen LogP contribution in [0.25, 0.3) is 6.08 Å². The summed E-state index contributed by atoms with van der Waals surface area (Å²) in [7, 11) is 0. The average molecular weight is 308 g/mol. The number of thiocarbonyl (C=S) groups is 1. The van der Waals surface area contributed by atoms with E-state index in [4.69, 9.17) is 17.3 Å². The number of amides is 1. The van der Waals surface area contributed by atoms with E-state index in [1.807, 2.05) is 6.07 Å². The molecule has 2 rings (SSSR count). The van der Waals surface area contributed by atoms with Crippen molar-refractivity contribution in [3.8, 4) is 0 Å². The standard InChI is InChI=1S/C13H12N2O3S2/c1-2-9(12(17)18)15-11(16)10(20-13(15)19)6-8-4-3-5-14-7-8/h3-7,9H,2H2,1H3,(H,17,18)/b10-6+/t9-/m0/s1. The van der Waals surface area contributed by atoms with Crippen molar-refractivity contribution in [2.45, 2.75) is 19.4 Å². The van der Waals surface area contributed by atoms with Crippen LogP contribution >= 0.6 is 24.0 Å². The molecule has 1 aromatic rings. The van der Waals surface area contributed by atoms with E-state index in [0.717, 1.165) is 17.3 Å². The molecule has 0 unspecified atom stereocenters. The summed E-state index contributed by atoms with van der Waals surface area (Å²) in [5.74, 6) is -1.41. The van der Waals surface area contributed by atoms with Crippen LogP contribution in [-0.2, 0) is 9.59 Å². The van der Waals surface area contributed by atoms with Crippen LogP contribution in [0, 0.1) is 0 Å². The summed E-state index contributed by atoms with van der Waals surface area (Å²) in [5.41, 5.74) is 0.774. The molecule has 1 aliphatic heterocycles. The second kappa shape index (κ2) is 6.15. The van der Waals surface area contributed by atoms with E-state index >= 15 is 0 Å². The zero-order chi connectivity index (χ0) is 14.7. The number of rotatable bonds is 4. The zero-order valence-corrected chi connectivity index (χ0v) is 12.3. The predicted octanol–water partition coefficient (Wildman–Crippen LogP) is 2.15. The molecule has 1 N–H and O–H groups in total. The number of thioether (sulfide) groups is 1. The first-order valence-corrected chi connectivity index (χ1v) is 7.17. The van der Waals surface area contributed by atoms with Crippen LogP contribution in [0.15, 0.2) is 29.4 Å². The Morgan fingerprint density at radius 2 is 2.40 bits per heavy atom. The van der Waals surface area contributed by atoms with Crippen LogP contribution < -0.4 is 0 Å². The van der Waals surface area contributed by atoms with Crippen LogP contribution in [0.4, 0.5) is 0 Å². The Kier molecular flexibility index (Phi) is 4.51. The molecule has 1 aromatic heterocycles. The molecule has 1 fully saturated rings.